The lowest BCUT2D eigenvalue weighted by Gasteiger charge is -2.09. The van der Waals surface area contributed by atoms with Gasteiger partial charge in [-0.15, -0.1) is 0 Å². The van der Waals surface area contributed by atoms with Crippen molar-refractivity contribution in [1.29, 1.82) is 0 Å². The molecule has 0 saturated heterocycles. The zero-order valence-electron chi connectivity index (χ0n) is 10.9. The molecule has 2 rings (SSSR count). The van der Waals surface area contributed by atoms with Gasteiger partial charge in [-0.2, -0.15) is 5.10 Å². The van der Waals surface area contributed by atoms with Crippen LogP contribution in [-0.2, 0) is 13.6 Å². The number of hydrogen-bond acceptors (Lipinski definition) is 5. The molecule has 2 N–H and O–H groups in total. The van der Waals surface area contributed by atoms with Crippen molar-refractivity contribution in [1.82, 2.24) is 19.7 Å². The highest BCUT2D eigenvalue weighted by Crippen LogP contribution is 2.11. The van der Waals surface area contributed by atoms with Crippen LogP contribution in [0.1, 0.15) is 18.4 Å². The summed E-state index contributed by atoms with van der Waals surface area (Å²) in [5, 5.41) is 10.6. The molecule has 0 fully saturated rings. The molecule has 2 aromatic heterocycles. The molecular weight excluding hydrogens is 228 g/mol. The summed E-state index contributed by atoms with van der Waals surface area (Å²) in [7, 11) is 1.92. The molecule has 0 aliphatic heterocycles. The number of aryl methyl sites for hydroxylation is 2. The molecule has 0 amide bonds. The molecule has 6 heteroatoms. The Hall–Kier alpha value is -2.11. The fourth-order valence-corrected chi connectivity index (χ4v) is 1.69. The predicted octanol–water partition coefficient (Wildman–Crippen LogP) is 1.56. The molecule has 0 unspecified atom stereocenters. The van der Waals surface area contributed by atoms with Crippen molar-refractivity contribution < 1.29 is 0 Å². The minimum atomic E-state index is 0.693. The van der Waals surface area contributed by atoms with Gasteiger partial charge >= 0.3 is 0 Å². The topological polar surface area (TPSA) is 67.7 Å². The van der Waals surface area contributed by atoms with Crippen molar-refractivity contribution in [3.05, 3.63) is 29.8 Å². The van der Waals surface area contributed by atoms with Gasteiger partial charge in [0, 0.05) is 25.9 Å². The molecule has 0 aliphatic rings. The summed E-state index contributed by atoms with van der Waals surface area (Å²) < 4.78 is 1.84. The molecule has 0 atom stereocenters. The van der Waals surface area contributed by atoms with Gasteiger partial charge in [-0.05, 0) is 19.9 Å². The van der Waals surface area contributed by atoms with E-state index in [4.69, 9.17) is 0 Å². The van der Waals surface area contributed by atoms with Gasteiger partial charge in [0.25, 0.3) is 0 Å². The summed E-state index contributed by atoms with van der Waals surface area (Å²) in [4.78, 5) is 8.66. The van der Waals surface area contributed by atoms with Crippen LogP contribution in [-0.4, -0.2) is 26.3 Å². The smallest absolute Gasteiger partial charge is 0.132 e. The summed E-state index contributed by atoms with van der Waals surface area (Å²) in [6.45, 7) is 5.46. The number of aromatic nitrogens is 4. The van der Waals surface area contributed by atoms with Crippen LogP contribution in [0.4, 0.5) is 11.6 Å². The van der Waals surface area contributed by atoms with E-state index >= 15 is 0 Å². The highest BCUT2D eigenvalue weighted by atomic mass is 15.3. The molecule has 0 spiro atoms. The molecule has 0 radical (unpaired) electrons. The van der Waals surface area contributed by atoms with E-state index in [1.165, 1.54) is 0 Å². The van der Waals surface area contributed by atoms with Crippen LogP contribution in [0.5, 0.6) is 0 Å². The van der Waals surface area contributed by atoms with Crippen LogP contribution in [0.15, 0.2) is 18.3 Å². The first-order chi connectivity index (χ1) is 8.69. The zero-order chi connectivity index (χ0) is 13.0. The Balaban J connectivity index is 2.07. The van der Waals surface area contributed by atoms with Gasteiger partial charge in [-0.3, -0.25) is 4.68 Å². The minimum Gasteiger partial charge on any atom is -0.370 e. The fourth-order valence-electron chi connectivity index (χ4n) is 1.69. The minimum absolute atomic E-state index is 0.693. The van der Waals surface area contributed by atoms with Crippen molar-refractivity contribution in [3.63, 3.8) is 0 Å². The zero-order valence-corrected chi connectivity index (χ0v) is 10.9. The molecule has 0 aromatic carbocycles. The lowest BCUT2D eigenvalue weighted by molar-refractivity contribution is 0.719. The van der Waals surface area contributed by atoms with Crippen LogP contribution in [0.2, 0.25) is 0 Å². The molecule has 0 bridgehead atoms. The van der Waals surface area contributed by atoms with Gasteiger partial charge in [-0.1, -0.05) is 0 Å². The van der Waals surface area contributed by atoms with E-state index in [1.54, 1.807) is 6.20 Å². The average molecular weight is 246 g/mol. The Labute approximate surface area is 106 Å². The van der Waals surface area contributed by atoms with E-state index < -0.39 is 0 Å². The van der Waals surface area contributed by atoms with Crippen molar-refractivity contribution in [2.24, 2.45) is 7.05 Å². The van der Waals surface area contributed by atoms with E-state index in [9.17, 15) is 0 Å². The summed E-state index contributed by atoms with van der Waals surface area (Å²) >= 11 is 0. The molecular formula is C12H18N6. The maximum absolute atomic E-state index is 4.35. The van der Waals surface area contributed by atoms with Crippen LogP contribution in [0.25, 0.3) is 0 Å². The maximum Gasteiger partial charge on any atom is 0.132 e. The average Bonchev–Trinajstić information content (AvgIpc) is 2.72. The third kappa shape index (κ3) is 2.97. The highest BCUT2D eigenvalue weighted by molar-refractivity contribution is 5.47. The molecule has 18 heavy (non-hydrogen) atoms. The predicted molar refractivity (Wildman–Crippen MR) is 71.5 cm³/mol. The summed E-state index contributed by atoms with van der Waals surface area (Å²) in [5.74, 6) is 2.41. The first kappa shape index (κ1) is 12.3. The van der Waals surface area contributed by atoms with E-state index in [2.05, 4.69) is 25.7 Å². The number of hydrogen-bond donors (Lipinski definition) is 2. The van der Waals surface area contributed by atoms with Gasteiger partial charge in [0.2, 0.25) is 0 Å². The van der Waals surface area contributed by atoms with Gasteiger partial charge in [0.05, 0.1) is 12.2 Å². The molecule has 96 valence electrons. The molecule has 6 nitrogen and oxygen atoms in total. The van der Waals surface area contributed by atoms with E-state index in [0.29, 0.717) is 6.54 Å². The lowest BCUT2D eigenvalue weighted by Crippen LogP contribution is -2.09. The van der Waals surface area contributed by atoms with Crippen LogP contribution in [0, 0.1) is 6.92 Å². The largest absolute Gasteiger partial charge is 0.370 e. The van der Waals surface area contributed by atoms with Gasteiger partial charge in [0.1, 0.15) is 17.5 Å². The summed E-state index contributed by atoms with van der Waals surface area (Å²) in [6.07, 6.45) is 1.78. The molecule has 2 aromatic rings. The number of nitrogens with zero attached hydrogens (tertiary/aromatic N) is 4. The second kappa shape index (κ2) is 5.48. The fraction of sp³-hybridized carbons (Fsp3) is 0.417. The third-order valence-corrected chi connectivity index (χ3v) is 2.57. The van der Waals surface area contributed by atoms with Crippen molar-refractivity contribution in [2.75, 3.05) is 17.2 Å². The monoisotopic (exact) mass is 246 g/mol. The Kier molecular flexibility index (Phi) is 3.76. The van der Waals surface area contributed by atoms with E-state index in [1.807, 2.05) is 37.7 Å². The van der Waals surface area contributed by atoms with Crippen molar-refractivity contribution >= 4 is 11.6 Å². The molecule has 0 aliphatic carbocycles. The van der Waals surface area contributed by atoms with Gasteiger partial charge < -0.3 is 10.6 Å². The third-order valence-electron chi connectivity index (χ3n) is 2.57. The highest BCUT2D eigenvalue weighted by Gasteiger charge is 2.02. The number of anilines is 2. The van der Waals surface area contributed by atoms with Gasteiger partial charge in [0.15, 0.2) is 0 Å². The number of nitrogens with one attached hydrogen (secondary N) is 2. The van der Waals surface area contributed by atoms with Crippen LogP contribution in [0.3, 0.4) is 0 Å². The number of rotatable bonds is 5. The molecule has 2 heterocycles. The SMILES string of the molecule is CCNc1cc(NCc2ccnn2C)nc(C)n1. The summed E-state index contributed by atoms with van der Waals surface area (Å²) in [5.41, 5.74) is 1.11. The van der Waals surface area contributed by atoms with Crippen LogP contribution >= 0.6 is 0 Å². The van der Waals surface area contributed by atoms with Crippen molar-refractivity contribution in [2.45, 2.75) is 20.4 Å². The normalized spacial score (nSPS) is 10.4. The quantitative estimate of drug-likeness (QED) is 0.838. The van der Waals surface area contributed by atoms with E-state index in [0.717, 1.165) is 29.7 Å². The van der Waals surface area contributed by atoms with E-state index in [-0.39, 0.29) is 0 Å². The second-order valence-electron chi connectivity index (χ2n) is 4.02. The van der Waals surface area contributed by atoms with Crippen LogP contribution < -0.4 is 10.6 Å². The Morgan fingerprint density at radius 2 is 1.94 bits per heavy atom. The summed E-state index contributed by atoms with van der Waals surface area (Å²) in [6, 6.07) is 3.89. The second-order valence-corrected chi connectivity index (χ2v) is 4.02. The standard InChI is InChI=1S/C12H18N6/c1-4-13-11-7-12(17-9(2)16-11)14-8-10-5-6-15-18(10)3/h5-7H,4,8H2,1-3H3,(H2,13,14,16,17). The Bertz CT molecular complexity index is 519. The first-order valence-corrected chi connectivity index (χ1v) is 5.99. The maximum atomic E-state index is 4.35. The first-order valence-electron chi connectivity index (χ1n) is 5.99. The van der Waals surface area contributed by atoms with Gasteiger partial charge in [-0.25, -0.2) is 9.97 Å². The van der Waals surface area contributed by atoms with Crippen molar-refractivity contribution in [3.8, 4) is 0 Å². The molecule has 0 saturated carbocycles. The Morgan fingerprint density at radius 3 is 2.56 bits per heavy atom. The lowest BCUT2D eigenvalue weighted by atomic mass is 10.4. The Morgan fingerprint density at radius 1 is 1.22 bits per heavy atom.